The number of rotatable bonds is 4. The normalized spacial score (nSPS) is 11.6. The molecule has 0 fully saturated rings. The smallest absolute Gasteiger partial charge is 0.418 e. The molecule has 1 N–H and O–H groups in total. The van der Waals surface area contributed by atoms with Crippen molar-refractivity contribution < 1.29 is 22.3 Å². The first kappa shape index (κ1) is 19.0. The van der Waals surface area contributed by atoms with Crippen molar-refractivity contribution in [1.29, 1.82) is 0 Å². The number of hydrogen-bond acceptors (Lipinski definition) is 6. The predicted octanol–water partition coefficient (Wildman–Crippen LogP) is 5.69. The van der Waals surface area contributed by atoms with Crippen LogP contribution in [0.15, 0.2) is 63.1 Å². The van der Waals surface area contributed by atoms with E-state index < -0.39 is 17.4 Å². The average molecular weight is 418 g/mol. The summed E-state index contributed by atoms with van der Waals surface area (Å²) in [5, 5.41) is 5.13. The standard InChI is InChI=1S/C20H13F3N2O3S/c1-27-12-6-7-17-11(8-12)9-13(18(26)28-17)16-10-29-19(25-16)24-15-5-3-2-4-14(15)20(21,22)23/h2-10H,1H3,(H,24,25). The largest absolute Gasteiger partial charge is 0.497 e. The fraction of sp³-hybridized carbons (Fsp3) is 0.100. The highest BCUT2D eigenvalue weighted by Crippen LogP contribution is 2.37. The molecule has 4 rings (SSSR count). The first-order valence-electron chi connectivity index (χ1n) is 8.36. The molecule has 0 spiro atoms. The molecule has 0 bridgehead atoms. The number of benzene rings is 2. The van der Waals surface area contributed by atoms with Crippen LogP contribution >= 0.6 is 11.3 Å². The number of nitrogens with one attached hydrogen (secondary N) is 1. The van der Waals surface area contributed by atoms with Gasteiger partial charge in [0.25, 0.3) is 0 Å². The molecule has 0 aliphatic heterocycles. The molecule has 9 heteroatoms. The van der Waals surface area contributed by atoms with E-state index >= 15 is 0 Å². The van der Waals surface area contributed by atoms with Gasteiger partial charge in [0.1, 0.15) is 11.3 Å². The molecule has 0 radical (unpaired) electrons. The van der Waals surface area contributed by atoms with E-state index in [-0.39, 0.29) is 16.4 Å². The van der Waals surface area contributed by atoms with Gasteiger partial charge < -0.3 is 14.5 Å². The highest BCUT2D eigenvalue weighted by molar-refractivity contribution is 7.14. The maximum Gasteiger partial charge on any atom is 0.418 e. The summed E-state index contributed by atoms with van der Waals surface area (Å²) < 4.78 is 50.0. The Labute approximate surface area is 166 Å². The van der Waals surface area contributed by atoms with Gasteiger partial charge in [-0.1, -0.05) is 12.1 Å². The third-order valence-electron chi connectivity index (χ3n) is 4.19. The summed E-state index contributed by atoms with van der Waals surface area (Å²) >= 11 is 1.09. The summed E-state index contributed by atoms with van der Waals surface area (Å²) in [6.07, 6.45) is -4.50. The number of methoxy groups -OCH3 is 1. The van der Waals surface area contributed by atoms with Crippen LogP contribution in [0.2, 0.25) is 0 Å². The molecule has 148 valence electrons. The Bertz CT molecular complexity index is 1250. The van der Waals surface area contributed by atoms with E-state index in [4.69, 9.17) is 9.15 Å². The van der Waals surface area contributed by atoms with Gasteiger partial charge in [0.2, 0.25) is 0 Å². The molecule has 0 saturated carbocycles. The number of fused-ring (bicyclic) bond motifs is 1. The van der Waals surface area contributed by atoms with Crippen LogP contribution in [0.4, 0.5) is 24.0 Å². The zero-order valence-electron chi connectivity index (χ0n) is 14.9. The summed E-state index contributed by atoms with van der Waals surface area (Å²) in [4.78, 5) is 16.6. The molecule has 4 aromatic rings. The van der Waals surface area contributed by atoms with Crippen molar-refractivity contribution >= 4 is 33.1 Å². The molecule has 29 heavy (non-hydrogen) atoms. The van der Waals surface area contributed by atoms with Gasteiger partial charge in [0.05, 0.1) is 29.6 Å². The molecule has 2 heterocycles. The third kappa shape index (κ3) is 3.81. The van der Waals surface area contributed by atoms with E-state index in [1.54, 1.807) is 29.6 Å². The lowest BCUT2D eigenvalue weighted by atomic mass is 10.1. The lowest BCUT2D eigenvalue weighted by molar-refractivity contribution is -0.136. The zero-order valence-corrected chi connectivity index (χ0v) is 15.7. The number of halogens is 3. The zero-order chi connectivity index (χ0) is 20.6. The maximum atomic E-state index is 13.2. The Balaban J connectivity index is 1.70. The first-order valence-corrected chi connectivity index (χ1v) is 9.24. The Kier molecular flexibility index (Phi) is 4.75. The number of para-hydroxylation sites is 1. The van der Waals surface area contributed by atoms with E-state index in [0.29, 0.717) is 22.4 Å². The number of thiazole rings is 1. The topological polar surface area (TPSA) is 64.4 Å². The lowest BCUT2D eigenvalue weighted by Crippen LogP contribution is -2.08. The Morgan fingerprint density at radius 1 is 1.14 bits per heavy atom. The van der Waals surface area contributed by atoms with Gasteiger partial charge in [-0.15, -0.1) is 11.3 Å². The summed E-state index contributed by atoms with van der Waals surface area (Å²) in [7, 11) is 1.53. The highest BCUT2D eigenvalue weighted by atomic mass is 32.1. The van der Waals surface area contributed by atoms with Gasteiger partial charge in [-0.25, -0.2) is 9.78 Å². The van der Waals surface area contributed by atoms with E-state index in [2.05, 4.69) is 10.3 Å². The van der Waals surface area contributed by atoms with Crippen molar-refractivity contribution in [3.05, 3.63) is 69.9 Å². The fourth-order valence-corrected chi connectivity index (χ4v) is 3.54. The number of aromatic nitrogens is 1. The molecule has 0 aliphatic rings. The molecule has 5 nitrogen and oxygen atoms in total. The van der Waals surface area contributed by atoms with Crippen molar-refractivity contribution in [2.24, 2.45) is 0 Å². The predicted molar refractivity (Wildman–Crippen MR) is 105 cm³/mol. The highest BCUT2D eigenvalue weighted by Gasteiger charge is 2.33. The number of anilines is 2. The second kappa shape index (κ2) is 7.25. The first-order chi connectivity index (χ1) is 13.8. The molecule has 0 saturated heterocycles. The minimum atomic E-state index is -4.50. The second-order valence-corrected chi connectivity index (χ2v) is 6.92. The molecular weight excluding hydrogens is 405 g/mol. The monoisotopic (exact) mass is 418 g/mol. The Morgan fingerprint density at radius 3 is 2.69 bits per heavy atom. The van der Waals surface area contributed by atoms with Crippen LogP contribution in [0.1, 0.15) is 5.56 Å². The van der Waals surface area contributed by atoms with E-state index in [1.165, 1.54) is 25.3 Å². The number of hydrogen-bond donors (Lipinski definition) is 1. The summed E-state index contributed by atoms with van der Waals surface area (Å²) in [5.74, 6) is 0.599. The van der Waals surface area contributed by atoms with Gasteiger partial charge in [-0.05, 0) is 36.4 Å². The number of ether oxygens (including phenoxy) is 1. The van der Waals surface area contributed by atoms with Crippen molar-refractivity contribution in [3.8, 4) is 17.0 Å². The van der Waals surface area contributed by atoms with Gasteiger partial charge in [-0.2, -0.15) is 13.2 Å². The molecule has 0 atom stereocenters. The van der Waals surface area contributed by atoms with E-state index in [0.717, 1.165) is 17.4 Å². The summed E-state index contributed by atoms with van der Waals surface area (Å²) in [6, 6.07) is 11.8. The van der Waals surface area contributed by atoms with Crippen molar-refractivity contribution in [2.45, 2.75) is 6.18 Å². The molecule has 0 amide bonds. The molecule has 0 unspecified atom stereocenters. The van der Waals surface area contributed by atoms with Crippen LogP contribution in [0.3, 0.4) is 0 Å². The van der Waals surface area contributed by atoms with Crippen LogP contribution in [0.25, 0.3) is 22.2 Å². The summed E-state index contributed by atoms with van der Waals surface area (Å²) in [5.41, 5.74) is -0.590. The van der Waals surface area contributed by atoms with E-state index in [1.807, 2.05) is 0 Å². The van der Waals surface area contributed by atoms with Gasteiger partial charge >= 0.3 is 11.8 Å². The van der Waals surface area contributed by atoms with Gasteiger partial charge in [-0.3, -0.25) is 0 Å². The van der Waals surface area contributed by atoms with Crippen LogP contribution < -0.4 is 15.7 Å². The molecular formula is C20H13F3N2O3S. The van der Waals surface area contributed by atoms with Gasteiger partial charge in [0, 0.05) is 10.8 Å². The number of nitrogens with zero attached hydrogens (tertiary/aromatic N) is 1. The van der Waals surface area contributed by atoms with Crippen LogP contribution in [0, 0.1) is 0 Å². The Morgan fingerprint density at radius 2 is 1.93 bits per heavy atom. The quantitative estimate of drug-likeness (QED) is 0.432. The minimum Gasteiger partial charge on any atom is -0.497 e. The van der Waals surface area contributed by atoms with Crippen molar-refractivity contribution in [2.75, 3.05) is 12.4 Å². The molecule has 2 aromatic carbocycles. The van der Waals surface area contributed by atoms with Crippen LogP contribution in [-0.2, 0) is 6.18 Å². The van der Waals surface area contributed by atoms with Crippen LogP contribution in [0.5, 0.6) is 5.75 Å². The maximum absolute atomic E-state index is 13.2. The van der Waals surface area contributed by atoms with Crippen LogP contribution in [-0.4, -0.2) is 12.1 Å². The molecule has 0 aliphatic carbocycles. The SMILES string of the molecule is COc1ccc2oc(=O)c(-c3csc(Nc4ccccc4C(F)(F)F)n3)cc2c1. The lowest BCUT2D eigenvalue weighted by Gasteiger charge is -2.12. The molecule has 2 aromatic heterocycles. The van der Waals surface area contributed by atoms with Gasteiger partial charge in [0.15, 0.2) is 5.13 Å². The Hall–Kier alpha value is -3.33. The second-order valence-electron chi connectivity index (χ2n) is 6.06. The fourth-order valence-electron chi connectivity index (χ4n) is 2.82. The minimum absolute atomic E-state index is 0.115. The summed E-state index contributed by atoms with van der Waals surface area (Å²) in [6.45, 7) is 0. The van der Waals surface area contributed by atoms with Crippen molar-refractivity contribution in [1.82, 2.24) is 4.98 Å². The van der Waals surface area contributed by atoms with Crippen molar-refractivity contribution in [3.63, 3.8) is 0 Å². The number of alkyl halides is 3. The van der Waals surface area contributed by atoms with E-state index in [9.17, 15) is 18.0 Å². The third-order valence-corrected chi connectivity index (χ3v) is 4.95. The average Bonchev–Trinajstić information content (AvgIpc) is 3.15.